The van der Waals surface area contributed by atoms with Gasteiger partial charge in [-0.05, 0) is 56.5 Å². The maximum Gasteiger partial charge on any atom is 0.161 e. The summed E-state index contributed by atoms with van der Waals surface area (Å²) in [6.45, 7) is 8.93. The van der Waals surface area contributed by atoms with Crippen molar-refractivity contribution in [3.05, 3.63) is 89.1 Å². The fourth-order valence-electron chi connectivity index (χ4n) is 2.82. The van der Waals surface area contributed by atoms with Crippen LogP contribution in [-0.4, -0.2) is 20.0 Å². The van der Waals surface area contributed by atoms with E-state index in [-0.39, 0.29) is 0 Å². The predicted octanol–water partition coefficient (Wildman–Crippen LogP) is 7.82. The van der Waals surface area contributed by atoms with Gasteiger partial charge in [0.15, 0.2) is 11.5 Å². The molecule has 0 bridgehead atoms. The summed E-state index contributed by atoms with van der Waals surface area (Å²) in [6, 6.07) is 6.02. The number of carbonyl (C=O) groups excluding carboxylic acids is 1. The Morgan fingerprint density at radius 1 is 0.844 bits per heavy atom. The van der Waals surface area contributed by atoms with Gasteiger partial charge in [0.25, 0.3) is 0 Å². The molecule has 0 aliphatic carbocycles. The molecule has 0 radical (unpaired) electrons. The first kappa shape index (κ1) is 27.0. The Bertz CT molecular complexity index is 880. The maximum atomic E-state index is 10.4. The lowest BCUT2D eigenvalue weighted by molar-refractivity contribution is -0.104. The number of rotatable bonds is 14. The Balaban J connectivity index is 2.66. The van der Waals surface area contributed by atoms with Gasteiger partial charge in [-0.3, -0.25) is 4.79 Å². The molecule has 0 heterocycles. The van der Waals surface area contributed by atoms with Crippen molar-refractivity contribution >= 4 is 12.4 Å². The van der Waals surface area contributed by atoms with Crippen molar-refractivity contribution in [3.63, 3.8) is 0 Å². The lowest BCUT2D eigenvalue weighted by atomic mass is 10.1. The van der Waals surface area contributed by atoms with Gasteiger partial charge in [-0.2, -0.15) is 0 Å². The first-order valence-electron chi connectivity index (χ1n) is 11.3. The molecule has 172 valence electrons. The van der Waals surface area contributed by atoms with Gasteiger partial charge in [0.1, 0.15) is 6.29 Å². The molecule has 0 amide bonds. The normalized spacial score (nSPS) is 13.5. The third kappa shape index (κ3) is 11.9. The van der Waals surface area contributed by atoms with Crippen LogP contribution in [0.25, 0.3) is 6.08 Å². The molecule has 0 saturated carbocycles. The molecule has 0 N–H and O–H groups in total. The molecule has 0 unspecified atom stereocenters. The molecule has 0 saturated heterocycles. The Kier molecular flexibility index (Phi) is 14.0. The highest BCUT2D eigenvalue weighted by atomic mass is 16.5. The quantitative estimate of drug-likeness (QED) is 0.130. The van der Waals surface area contributed by atoms with Gasteiger partial charge in [-0.1, -0.05) is 92.0 Å². The smallest absolute Gasteiger partial charge is 0.161 e. The molecule has 0 atom stereocenters. The first-order valence-corrected chi connectivity index (χ1v) is 11.3. The van der Waals surface area contributed by atoms with Crippen LogP contribution in [0.3, 0.4) is 0 Å². The van der Waals surface area contributed by atoms with Gasteiger partial charge in [-0.25, -0.2) is 0 Å². The summed E-state index contributed by atoms with van der Waals surface area (Å²) >= 11 is 0. The molecule has 0 aromatic heterocycles. The Morgan fingerprint density at radius 3 is 2.12 bits per heavy atom. The summed E-state index contributed by atoms with van der Waals surface area (Å²) < 4.78 is 11.4. The minimum absolute atomic E-state index is 0.721. The number of carbonyl (C=O) groups is 1. The third-order valence-electron chi connectivity index (χ3n) is 4.75. The molecule has 0 fully saturated rings. The minimum Gasteiger partial charge on any atom is -0.493 e. The topological polar surface area (TPSA) is 35.5 Å². The van der Waals surface area contributed by atoms with E-state index in [4.69, 9.17) is 9.47 Å². The van der Waals surface area contributed by atoms with Crippen molar-refractivity contribution in [1.82, 2.24) is 0 Å². The molecule has 1 rings (SSSR count). The monoisotopic (exact) mass is 434 g/mol. The predicted molar refractivity (Wildman–Crippen MR) is 137 cm³/mol. The summed E-state index contributed by atoms with van der Waals surface area (Å²) in [6.07, 6.45) is 23.2. The third-order valence-corrected chi connectivity index (χ3v) is 4.75. The van der Waals surface area contributed by atoms with Crippen molar-refractivity contribution < 1.29 is 14.3 Å². The zero-order valence-electron chi connectivity index (χ0n) is 20.3. The first-order chi connectivity index (χ1) is 15.5. The van der Waals surface area contributed by atoms with Crippen LogP contribution < -0.4 is 9.47 Å². The fraction of sp³-hybridized carbons (Fsp3) is 0.345. The summed E-state index contributed by atoms with van der Waals surface area (Å²) in [7, 11) is 1.67. The van der Waals surface area contributed by atoms with Crippen LogP contribution in [0.4, 0.5) is 0 Å². The number of benzene rings is 1. The van der Waals surface area contributed by atoms with E-state index < -0.39 is 0 Å². The largest absolute Gasteiger partial charge is 0.493 e. The van der Waals surface area contributed by atoms with Gasteiger partial charge in [0.2, 0.25) is 0 Å². The second kappa shape index (κ2) is 16.6. The maximum absolute atomic E-state index is 10.4. The van der Waals surface area contributed by atoms with E-state index in [0.717, 1.165) is 53.1 Å². The van der Waals surface area contributed by atoms with E-state index >= 15 is 0 Å². The van der Waals surface area contributed by atoms with Crippen LogP contribution in [0.1, 0.15) is 58.9 Å². The SMILES string of the molecule is CCCCCCOc1ccc(/C=C/C(C)=C/C=C/C(C)=C/C=C/C(C)=C/C=O)cc1OC. The number of ether oxygens (including phenoxy) is 2. The number of aldehydes is 1. The van der Waals surface area contributed by atoms with Gasteiger partial charge >= 0.3 is 0 Å². The minimum atomic E-state index is 0.721. The van der Waals surface area contributed by atoms with E-state index in [1.807, 2.05) is 56.4 Å². The van der Waals surface area contributed by atoms with Crippen LogP contribution in [0.5, 0.6) is 11.5 Å². The van der Waals surface area contributed by atoms with Crippen molar-refractivity contribution in [2.75, 3.05) is 13.7 Å². The summed E-state index contributed by atoms with van der Waals surface area (Å²) in [5, 5.41) is 0. The van der Waals surface area contributed by atoms with Gasteiger partial charge in [0, 0.05) is 0 Å². The van der Waals surface area contributed by atoms with Crippen molar-refractivity contribution in [2.45, 2.75) is 53.4 Å². The molecule has 3 nitrogen and oxygen atoms in total. The van der Waals surface area contributed by atoms with Crippen LogP contribution >= 0.6 is 0 Å². The fourth-order valence-corrected chi connectivity index (χ4v) is 2.82. The lowest BCUT2D eigenvalue weighted by Gasteiger charge is -2.11. The number of hydrogen-bond donors (Lipinski definition) is 0. The van der Waals surface area contributed by atoms with Crippen LogP contribution in [0, 0.1) is 0 Å². The van der Waals surface area contributed by atoms with Crippen molar-refractivity contribution in [3.8, 4) is 11.5 Å². The van der Waals surface area contributed by atoms with E-state index in [1.54, 1.807) is 13.2 Å². The van der Waals surface area contributed by atoms with E-state index in [0.29, 0.717) is 0 Å². The highest BCUT2D eigenvalue weighted by molar-refractivity contribution is 5.67. The second-order valence-corrected chi connectivity index (χ2v) is 7.74. The molecule has 1 aromatic rings. The number of methoxy groups -OCH3 is 1. The number of unbranched alkanes of at least 4 members (excludes halogenated alkanes) is 3. The summed E-state index contributed by atoms with van der Waals surface area (Å²) in [5.74, 6) is 1.56. The average Bonchev–Trinajstić information content (AvgIpc) is 2.78. The zero-order chi connectivity index (χ0) is 23.6. The molecule has 3 heteroatoms. The molecular weight excluding hydrogens is 396 g/mol. The average molecular weight is 435 g/mol. The van der Waals surface area contributed by atoms with Gasteiger partial charge in [0.05, 0.1) is 13.7 Å². The Labute approximate surface area is 194 Å². The molecule has 1 aromatic carbocycles. The Hall–Kier alpha value is -3.07. The van der Waals surface area contributed by atoms with E-state index in [2.05, 4.69) is 38.2 Å². The standard InChI is InChI=1S/C29H38O3/c1-6-7-8-9-22-32-28-19-18-27(23-29(28)31-5)17-16-25(3)14-10-12-24(2)13-11-15-26(4)20-21-30/h10-21,23H,6-9,22H2,1-5H3/b12-10+,15-11+,17-16+,24-13+,25-14+,26-20+. The summed E-state index contributed by atoms with van der Waals surface area (Å²) in [5.41, 5.74) is 4.27. The zero-order valence-corrected chi connectivity index (χ0v) is 20.3. The highest BCUT2D eigenvalue weighted by Crippen LogP contribution is 2.29. The van der Waals surface area contributed by atoms with Crippen LogP contribution in [0.15, 0.2) is 83.5 Å². The van der Waals surface area contributed by atoms with Crippen molar-refractivity contribution in [1.29, 1.82) is 0 Å². The Morgan fingerprint density at radius 2 is 1.50 bits per heavy atom. The van der Waals surface area contributed by atoms with Crippen LogP contribution in [-0.2, 0) is 4.79 Å². The van der Waals surface area contributed by atoms with Crippen molar-refractivity contribution in [2.24, 2.45) is 0 Å². The van der Waals surface area contributed by atoms with E-state index in [1.165, 1.54) is 19.3 Å². The molecule has 0 aliphatic rings. The van der Waals surface area contributed by atoms with E-state index in [9.17, 15) is 4.79 Å². The molecule has 0 aliphatic heterocycles. The van der Waals surface area contributed by atoms with Gasteiger partial charge in [-0.15, -0.1) is 0 Å². The highest BCUT2D eigenvalue weighted by Gasteiger charge is 2.04. The molecule has 0 spiro atoms. The number of hydrogen-bond acceptors (Lipinski definition) is 3. The molecule has 32 heavy (non-hydrogen) atoms. The lowest BCUT2D eigenvalue weighted by Crippen LogP contribution is -1.99. The van der Waals surface area contributed by atoms with Crippen LogP contribution in [0.2, 0.25) is 0 Å². The summed E-state index contributed by atoms with van der Waals surface area (Å²) in [4.78, 5) is 10.4. The number of allylic oxidation sites excluding steroid dienone is 11. The van der Waals surface area contributed by atoms with Gasteiger partial charge < -0.3 is 9.47 Å². The second-order valence-electron chi connectivity index (χ2n) is 7.74. The molecular formula is C29H38O3.